The van der Waals surface area contributed by atoms with Crippen molar-refractivity contribution in [3.63, 3.8) is 0 Å². The highest BCUT2D eigenvalue weighted by Gasteiger charge is 2.44. The molecule has 2 atom stereocenters. The standard InChI is InChI=1S/C16H26N2O4/c1-15(13(19)20)7-8-18(11-15)14(21)17-12-4-9-22-16(10-12)5-2-3-6-16/h12H,2-11H2,1H3,(H,17,21)(H,19,20). The largest absolute Gasteiger partial charge is 0.481 e. The number of carboxylic acid groups (broad SMARTS) is 1. The Morgan fingerprint density at radius 2 is 2.00 bits per heavy atom. The molecule has 0 radical (unpaired) electrons. The summed E-state index contributed by atoms with van der Waals surface area (Å²) in [5.74, 6) is -0.821. The van der Waals surface area contributed by atoms with Crippen LogP contribution in [0.15, 0.2) is 0 Å². The van der Waals surface area contributed by atoms with Gasteiger partial charge in [0.15, 0.2) is 0 Å². The lowest BCUT2D eigenvalue weighted by Gasteiger charge is -2.39. The molecule has 2 heterocycles. The maximum atomic E-state index is 12.4. The SMILES string of the molecule is CC1(C(=O)O)CCN(C(=O)NC2CCOC3(CCCC3)C2)C1. The molecule has 2 amide bonds. The molecule has 0 bridgehead atoms. The van der Waals surface area contributed by atoms with E-state index < -0.39 is 11.4 Å². The highest BCUT2D eigenvalue weighted by molar-refractivity contribution is 5.79. The van der Waals surface area contributed by atoms with Gasteiger partial charge in [-0.25, -0.2) is 4.79 Å². The number of carbonyl (C=O) groups excluding carboxylic acids is 1. The summed E-state index contributed by atoms with van der Waals surface area (Å²) >= 11 is 0. The number of hydrogen-bond acceptors (Lipinski definition) is 3. The van der Waals surface area contributed by atoms with Gasteiger partial charge in [-0.1, -0.05) is 12.8 Å². The van der Waals surface area contributed by atoms with Crippen LogP contribution in [0.2, 0.25) is 0 Å². The van der Waals surface area contributed by atoms with Crippen LogP contribution in [-0.2, 0) is 9.53 Å². The van der Waals surface area contributed by atoms with Gasteiger partial charge in [0.25, 0.3) is 0 Å². The number of nitrogens with zero attached hydrogens (tertiary/aromatic N) is 1. The summed E-state index contributed by atoms with van der Waals surface area (Å²) in [4.78, 5) is 25.3. The van der Waals surface area contributed by atoms with E-state index in [4.69, 9.17) is 4.74 Å². The van der Waals surface area contributed by atoms with E-state index >= 15 is 0 Å². The van der Waals surface area contributed by atoms with Crippen LogP contribution in [0.4, 0.5) is 4.79 Å². The number of aliphatic carboxylic acids is 1. The summed E-state index contributed by atoms with van der Waals surface area (Å²) in [5, 5.41) is 12.4. The summed E-state index contributed by atoms with van der Waals surface area (Å²) in [5.41, 5.74) is -0.823. The molecule has 22 heavy (non-hydrogen) atoms. The lowest BCUT2D eigenvalue weighted by molar-refractivity contribution is -0.146. The lowest BCUT2D eigenvalue weighted by Crippen LogP contribution is -2.51. The average Bonchev–Trinajstić information content (AvgIpc) is 3.07. The van der Waals surface area contributed by atoms with Crippen molar-refractivity contribution in [3.05, 3.63) is 0 Å². The first-order valence-corrected chi connectivity index (χ1v) is 8.35. The van der Waals surface area contributed by atoms with E-state index in [-0.39, 0.29) is 17.7 Å². The number of hydrogen-bond donors (Lipinski definition) is 2. The molecule has 0 aromatic heterocycles. The third-order valence-corrected chi connectivity index (χ3v) is 5.61. The van der Waals surface area contributed by atoms with Crippen LogP contribution >= 0.6 is 0 Å². The molecular weight excluding hydrogens is 284 g/mol. The third-order valence-electron chi connectivity index (χ3n) is 5.61. The van der Waals surface area contributed by atoms with E-state index in [9.17, 15) is 14.7 Å². The molecule has 3 rings (SSSR count). The van der Waals surface area contributed by atoms with Gasteiger partial charge < -0.3 is 20.1 Å². The van der Waals surface area contributed by atoms with Gasteiger partial charge >= 0.3 is 12.0 Å². The Bertz CT molecular complexity index is 461. The van der Waals surface area contributed by atoms with Gasteiger partial charge in [0.05, 0.1) is 11.0 Å². The highest BCUT2D eigenvalue weighted by Crippen LogP contribution is 2.40. The zero-order valence-corrected chi connectivity index (χ0v) is 13.3. The van der Waals surface area contributed by atoms with Gasteiger partial charge in [-0.3, -0.25) is 4.79 Å². The quantitative estimate of drug-likeness (QED) is 0.817. The first-order chi connectivity index (χ1) is 10.4. The zero-order valence-electron chi connectivity index (χ0n) is 13.3. The van der Waals surface area contributed by atoms with Crippen LogP contribution < -0.4 is 5.32 Å². The third kappa shape index (κ3) is 2.93. The number of amides is 2. The molecular formula is C16H26N2O4. The number of rotatable bonds is 2. The first kappa shape index (κ1) is 15.6. The van der Waals surface area contributed by atoms with Crippen LogP contribution in [0.5, 0.6) is 0 Å². The summed E-state index contributed by atoms with van der Waals surface area (Å²) < 4.78 is 5.99. The van der Waals surface area contributed by atoms with Gasteiger partial charge in [0.1, 0.15) is 0 Å². The second-order valence-corrected chi connectivity index (χ2v) is 7.42. The molecule has 124 valence electrons. The van der Waals surface area contributed by atoms with Gasteiger partial charge in [0.2, 0.25) is 0 Å². The van der Waals surface area contributed by atoms with Crippen molar-refractivity contribution in [2.45, 2.75) is 63.5 Å². The fraction of sp³-hybridized carbons (Fsp3) is 0.875. The summed E-state index contributed by atoms with van der Waals surface area (Å²) in [7, 11) is 0. The Morgan fingerprint density at radius 3 is 2.64 bits per heavy atom. The maximum absolute atomic E-state index is 12.4. The second kappa shape index (κ2) is 5.72. The predicted octanol–water partition coefficient (Wildman–Crippen LogP) is 1.98. The molecule has 6 nitrogen and oxygen atoms in total. The number of carboxylic acids is 1. The number of nitrogens with one attached hydrogen (secondary N) is 1. The molecule has 1 spiro atoms. The van der Waals surface area contributed by atoms with E-state index in [0.29, 0.717) is 26.1 Å². The molecule has 2 N–H and O–H groups in total. The van der Waals surface area contributed by atoms with Crippen LogP contribution in [0.3, 0.4) is 0 Å². The molecule has 3 fully saturated rings. The Kier molecular flexibility index (Phi) is 4.05. The Labute approximate surface area is 131 Å². The van der Waals surface area contributed by atoms with Crippen LogP contribution in [0.25, 0.3) is 0 Å². The molecule has 0 aromatic rings. The van der Waals surface area contributed by atoms with E-state index in [1.807, 2.05) is 0 Å². The number of ether oxygens (including phenoxy) is 1. The normalized spacial score (nSPS) is 34.0. The summed E-state index contributed by atoms with van der Waals surface area (Å²) in [6, 6.07) is 0.0288. The van der Waals surface area contributed by atoms with Crippen LogP contribution in [0.1, 0.15) is 51.9 Å². The van der Waals surface area contributed by atoms with Gasteiger partial charge in [-0.15, -0.1) is 0 Å². The van der Waals surface area contributed by atoms with Gasteiger partial charge in [-0.05, 0) is 39.0 Å². The molecule has 1 aliphatic carbocycles. The van der Waals surface area contributed by atoms with E-state index in [1.165, 1.54) is 12.8 Å². The van der Waals surface area contributed by atoms with Gasteiger partial charge in [-0.2, -0.15) is 0 Å². The molecule has 2 saturated heterocycles. The van der Waals surface area contributed by atoms with Crippen molar-refractivity contribution < 1.29 is 19.4 Å². The number of urea groups is 1. The van der Waals surface area contributed by atoms with Crippen LogP contribution in [-0.4, -0.2) is 53.3 Å². The fourth-order valence-electron chi connectivity index (χ4n) is 4.09. The van der Waals surface area contributed by atoms with Crippen molar-refractivity contribution in [2.24, 2.45) is 5.41 Å². The van der Waals surface area contributed by atoms with Crippen molar-refractivity contribution in [1.29, 1.82) is 0 Å². The molecule has 2 aliphatic heterocycles. The Balaban J connectivity index is 1.55. The summed E-state index contributed by atoms with van der Waals surface area (Å²) in [6.07, 6.45) is 6.88. The minimum Gasteiger partial charge on any atom is -0.481 e. The fourth-order valence-corrected chi connectivity index (χ4v) is 4.09. The topological polar surface area (TPSA) is 78.9 Å². The lowest BCUT2D eigenvalue weighted by atomic mass is 9.89. The van der Waals surface area contributed by atoms with Crippen molar-refractivity contribution in [2.75, 3.05) is 19.7 Å². The minimum absolute atomic E-state index is 0.0171. The molecule has 1 saturated carbocycles. The average molecular weight is 310 g/mol. The minimum atomic E-state index is -0.821. The molecule has 0 aromatic carbocycles. The van der Waals surface area contributed by atoms with Crippen molar-refractivity contribution >= 4 is 12.0 Å². The summed E-state index contributed by atoms with van der Waals surface area (Å²) in [6.45, 7) is 3.23. The monoisotopic (exact) mass is 310 g/mol. The molecule has 6 heteroatoms. The van der Waals surface area contributed by atoms with Crippen molar-refractivity contribution in [1.82, 2.24) is 10.2 Å². The smallest absolute Gasteiger partial charge is 0.317 e. The maximum Gasteiger partial charge on any atom is 0.317 e. The van der Waals surface area contributed by atoms with E-state index in [2.05, 4.69) is 5.32 Å². The van der Waals surface area contributed by atoms with Gasteiger partial charge in [0, 0.05) is 25.7 Å². The Morgan fingerprint density at radius 1 is 1.27 bits per heavy atom. The molecule has 3 aliphatic rings. The highest BCUT2D eigenvalue weighted by atomic mass is 16.5. The predicted molar refractivity (Wildman–Crippen MR) is 80.6 cm³/mol. The van der Waals surface area contributed by atoms with E-state index in [0.717, 1.165) is 25.7 Å². The zero-order chi connectivity index (χ0) is 15.8. The van der Waals surface area contributed by atoms with Crippen molar-refractivity contribution in [3.8, 4) is 0 Å². The van der Waals surface area contributed by atoms with Crippen LogP contribution in [0, 0.1) is 5.41 Å². The molecule has 2 unspecified atom stereocenters. The number of likely N-dealkylation sites (tertiary alicyclic amines) is 1. The number of carbonyl (C=O) groups is 2. The first-order valence-electron chi connectivity index (χ1n) is 8.35. The van der Waals surface area contributed by atoms with E-state index in [1.54, 1.807) is 11.8 Å². The Hall–Kier alpha value is -1.30. The second-order valence-electron chi connectivity index (χ2n) is 7.42.